The van der Waals surface area contributed by atoms with Crippen LogP contribution in [-0.2, 0) is 16.0 Å². The van der Waals surface area contributed by atoms with Gasteiger partial charge in [0, 0.05) is 6.61 Å². The van der Waals surface area contributed by atoms with Gasteiger partial charge in [0.15, 0.2) is 0 Å². The zero-order valence-corrected chi connectivity index (χ0v) is 9.13. The average molecular weight is 220 g/mol. The van der Waals surface area contributed by atoms with Crippen LogP contribution >= 0.6 is 0 Å². The fraction of sp³-hybridized carbons (Fsp3) is 0.462. The third kappa shape index (κ3) is 2.61. The van der Waals surface area contributed by atoms with E-state index in [1.165, 1.54) is 0 Å². The lowest BCUT2D eigenvalue weighted by atomic mass is 9.90. The summed E-state index contributed by atoms with van der Waals surface area (Å²) in [4.78, 5) is 11.1. The highest BCUT2D eigenvalue weighted by molar-refractivity contribution is 5.70. The van der Waals surface area contributed by atoms with E-state index in [1.807, 2.05) is 30.3 Å². The van der Waals surface area contributed by atoms with Crippen LogP contribution in [0.1, 0.15) is 18.4 Å². The highest BCUT2D eigenvalue weighted by atomic mass is 16.5. The fourth-order valence-electron chi connectivity index (χ4n) is 2.17. The molecule has 3 heteroatoms. The summed E-state index contributed by atoms with van der Waals surface area (Å²) in [5.74, 6) is -1.09. The Morgan fingerprint density at radius 1 is 1.38 bits per heavy atom. The first kappa shape index (κ1) is 11.1. The van der Waals surface area contributed by atoms with Gasteiger partial charge in [0.1, 0.15) is 0 Å². The van der Waals surface area contributed by atoms with Crippen molar-refractivity contribution in [1.29, 1.82) is 0 Å². The normalized spacial score (nSPS) is 25.2. The van der Waals surface area contributed by atoms with Crippen molar-refractivity contribution in [3.8, 4) is 0 Å². The molecule has 1 heterocycles. The summed E-state index contributed by atoms with van der Waals surface area (Å²) in [5.41, 5.74) is 1.14. The smallest absolute Gasteiger partial charge is 0.309 e. The minimum Gasteiger partial charge on any atom is -0.481 e. The molecule has 0 amide bonds. The van der Waals surface area contributed by atoms with Crippen molar-refractivity contribution in [2.75, 3.05) is 6.61 Å². The van der Waals surface area contributed by atoms with E-state index in [1.54, 1.807) is 0 Å². The Hall–Kier alpha value is -1.35. The maximum Gasteiger partial charge on any atom is 0.309 e. The number of rotatable bonds is 3. The third-order valence-electron chi connectivity index (χ3n) is 3.04. The molecule has 1 aromatic rings. The molecule has 0 bridgehead atoms. The molecule has 2 atom stereocenters. The van der Waals surface area contributed by atoms with Crippen molar-refractivity contribution in [1.82, 2.24) is 0 Å². The molecule has 1 aromatic carbocycles. The van der Waals surface area contributed by atoms with E-state index in [-0.39, 0.29) is 12.0 Å². The van der Waals surface area contributed by atoms with E-state index in [2.05, 4.69) is 0 Å². The fourth-order valence-corrected chi connectivity index (χ4v) is 2.17. The Kier molecular flexibility index (Phi) is 3.57. The molecule has 86 valence electrons. The van der Waals surface area contributed by atoms with Gasteiger partial charge in [-0.25, -0.2) is 0 Å². The van der Waals surface area contributed by atoms with Crippen molar-refractivity contribution in [2.45, 2.75) is 25.4 Å². The molecule has 1 aliphatic rings. The zero-order valence-electron chi connectivity index (χ0n) is 9.13. The molecular formula is C13H16O3. The predicted octanol–water partition coefficient (Wildman–Crippen LogP) is 2.11. The second kappa shape index (κ2) is 5.12. The van der Waals surface area contributed by atoms with Gasteiger partial charge in [0.05, 0.1) is 12.0 Å². The Labute approximate surface area is 95.0 Å². The first-order valence-electron chi connectivity index (χ1n) is 5.65. The maximum atomic E-state index is 11.1. The molecule has 0 aliphatic carbocycles. The lowest BCUT2D eigenvalue weighted by Gasteiger charge is -2.28. The van der Waals surface area contributed by atoms with Gasteiger partial charge < -0.3 is 9.84 Å². The SMILES string of the molecule is O=C(O)C1CCCO[C@H]1Cc1ccccc1. The van der Waals surface area contributed by atoms with Crippen molar-refractivity contribution < 1.29 is 14.6 Å². The third-order valence-corrected chi connectivity index (χ3v) is 3.04. The van der Waals surface area contributed by atoms with E-state index in [4.69, 9.17) is 9.84 Å². The van der Waals surface area contributed by atoms with Crippen molar-refractivity contribution >= 4 is 5.97 Å². The van der Waals surface area contributed by atoms with Gasteiger partial charge in [-0.05, 0) is 24.8 Å². The molecule has 1 saturated heterocycles. The van der Waals surface area contributed by atoms with Crippen molar-refractivity contribution in [3.05, 3.63) is 35.9 Å². The first-order valence-corrected chi connectivity index (χ1v) is 5.65. The molecule has 0 spiro atoms. The van der Waals surface area contributed by atoms with E-state index in [0.29, 0.717) is 13.0 Å². The van der Waals surface area contributed by atoms with E-state index in [9.17, 15) is 4.79 Å². The summed E-state index contributed by atoms with van der Waals surface area (Å²) >= 11 is 0. The summed E-state index contributed by atoms with van der Waals surface area (Å²) in [7, 11) is 0. The van der Waals surface area contributed by atoms with Crippen LogP contribution in [0.3, 0.4) is 0 Å². The number of ether oxygens (including phenoxy) is 1. The minimum absolute atomic E-state index is 0.173. The Balaban J connectivity index is 2.04. The molecule has 0 aromatic heterocycles. The molecular weight excluding hydrogens is 204 g/mol. The molecule has 2 rings (SSSR count). The van der Waals surface area contributed by atoms with Crippen molar-refractivity contribution in [2.24, 2.45) is 5.92 Å². The van der Waals surface area contributed by atoms with E-state index >= 15 is 0 Å². The summed E-state index contributed by atoms with van der Waals surface area (Å²) in [6, 6.07) is 9.91. The van der Waals surface area contributed by atoms with Gasteiger partial charge in [-0.15, -0.1) is 0 Å². The molecule has 1 unspecified atom stereocenters. The van der Waals surface area contributed by atoms with Crippen LogP contribution in [-0.4, -0.2) is 23.8 Å². The number of hydrogen-bond acceptors (Lipinski definition) is 2. The van der Waals surface area contributed by atoms with Crippen LogP contribution in [0.5, 0.6) is 0 Å². The van der Waals surface area contributed by atoms with Gasteiger partial charge in [0.25, 0.3) is 0 Å². The molecule has 16 heavy (non-hydrogen) atoms. The van der Waals surface area contributed by atoms with Crippen LogP contribution < -0.4 is 0 Å². The Morgan fingerprint density at radius 2 is 2.12 bits per heavy atom. The summed E-state index contributed by atoms with van der Waals surface area (Å²) in [6.07, 6.45) is 2.10. The Bertz CT molecular complexity index is 347. The molecule has 0 saturated carbocycles. The van der Waals surface area contributed by atoms with Gasteiger partial charge >= 0.3 is 5.97 Å². The van der Waals surface area contributed by atoms with Crippen LogP contribution in [0.15, 0.2) is 30.3 Å². The predicted molar refractivity (Wildman–Crippen MR) is 60.2 cm³/mol. The molecule has 0 radical (unpaired) electrons. The van der Waals surface area contributed by atoms with Gasteiger partial charge in [-0.3, -0.25) is 4.79 Å². The lowest BCUT2D eigenvalue weighted by Crippen LogP contribution is -2.36. The number of carboxylic acids is 1. The lowest BCUT2D eigenvalue weighted by molar-refractivity contribution is -0.151. The van der Waals surface area contributed by atoms with Crippen LogP contribution in [0.4, 0.5) is 0 Å². The number of carbonyl (C=O) groups is 1. The molecule has 1 aliphatic heterocycles. The number of carboxylic acid groups (broad SMARTS) is 1. The van der Waals surface area contributed by atoms with Crippen LogP contribution in [0.2, 0.25) is 0 Å². The molecule has 1 fully saturated rings. The van der Waals surface area contributed by atoms with E-state index in [0.717, 1.165) is 18.4 Å². The van der Waals surface area contributed by atoms with Gasteiger partial charge in [0.2, 0.25) is 0 Å². The highest BCUT2D eigenvalue weighted by Crippen LogP contribution is 2.24. The number of hydrogen-bond donors (Lipinski definition) is 1. The standard InChI is InChI=1S/C13H16O3/c14-13(15)11-7-4-8-16-12(11)9-10-5-2-1-3-6-10/h1-3,5-6,11-12H,4,7-9H2,(H,14,15)/t11?,12-/m0/s1. The monoisotopic (exact) mass is 220 g/mol. The second-order valence-electron chi connectivity index (χ2n) is 4.19. The number of aliphatic carboxylic acids is 1. The first-order chi connectivity index (χ1) is 7.77. The zero-order chi connectivity index (χ0) is 11.4. The quantitative estimate of drug-likeness (QED) is 0.848. The second-order valence-corrected chi connectivity index (χ2v) is 4.19. The number of benzene rings is 1. The average Bonchev–Trinajstić information content (AvgIpc) is 2.31. The van der Waals surface area contributed by atoms with Gasteiger partial charge in [-0.2, -0.15) is 0 Å². The Morgan fingerprint density at radius 3 is 2.81 bits per heavy atom. The van der Waals surface area contributed by atoms with Gasteiger partial charge in [-0.1, -0.05) is 30.3 Å². The largest absolute Gasteiger partial charge is 0.481 e. The summed E-state index contributed by atoms with van der Waals surface area (Å²) in [5, 5.41) is 9.11. The van der Waals surface area contributed by atoms with E-state index < -0.39 is 5.97 Å². The highest BCUT2D eigenvalue weighted by Gasteiger charge is 2.31. The van der Waals surface area contributed by atoms with Crippen LogP contribution in [0.25, 0.3) is 0 Å². The minimum atomic E-state index is -0.736. The molecule has 3 nitrogen and oxygen atoms in total. The van der Waals surface area contributed by atoms with Crippen LogP contribution in [0, 0.1) is 5.92 Å². The molecule has 1 N–H and O–H groups in total. The maximum absolute atomic E-state index is 11.1. The van der Waals surface area contributed by atoms with Crippen molar-refractivity contribution in [3.63, 3.8) is 0 Å². The summed E-state index contributed by atoms with van der Waals surface area (Å²) in [6.45, 7) is 0.682. The summed E-state index contributed by atoms with van der Waals surface area (Å²) < 4.78 is 5.57. The topological polar surface area (TPSA) is 46.5 Å².